The van der Waals surface area contributed by atoms with Gasteiger partial charge in [0, 0.05) is 6.54 Å². The van der Waals surface area contributed by atoms with Crippen molar-refractivity contribution < 1.29 is 14.6 Å². The normalized spacial score (nSPS) is 20.4. The van der Waals surface area contributed by atoms with Crippen molar-refractivity contribution in [3.8, 4) is 0 Å². The van der Waals surface area contributed by atoms with Gasteiger partial charge in [0.1, 0.15) is 0 Å². The van der Waals surface area contributed by atoms with Gasteiger partial charge in [-0.15, -0.1) is 0 Å². The minimum atomic E-state index is -0.791. The van der Waals surface area contributed by atoms with Crippen molar-refractivity contribution >= 4 is 5.97 Å². The molecule has 1 N–H and O–H groups in total. The Bertz CT molecular complexity index is 109. The van der Waals surface area contributed by atoms with Crippen LogP contribution in [0.5, 0.6) is 0 Å². The lowest BCUT2D eigenvalue weighted by atomic mass is 10.5. The minimum absolute atomic E-state index is 0.0972. The van der Waals surface area contributed by atoms with E-state index >= 15 is 0 Å². The first-order valence-electron chi connectivity index (χ1n) is 2.81. The van der Waals surface area contributed by atoms with E-state index in [1.54, 1.807) is 4.90 Å². The lowest BCUT2D eigenvalue weighted by Crippen LogP contribution is -2.26. The van der Waals surface area contributed by atoms with Crippen molar-refractivity contribution in [1.82, 2.24) is 4.90 Å². The molecule has 0 radical (unpaired) electrons. The molecule has 4 heteroatoms. The number of aliphatic carboxylic acids is 1. The predicted molar refractivity (Wildman–Crippen MR) is 30.0 cm³/mol. The molecule has 0 aliphatic carbocycles. The zero-order valence-corrected chi connectivity index (χ0v) is 5.04. The fraction of sp³-hybridized carbons (Fsp3) is 0.800. The van der Waals surface area contributed by atoms with Crippen molar-refractivity contribution in [2.24, 2.45) is 0 Å². The number of rotatable bonds is 2. The second-order valence-electron chi connectivity index (χ2n) is 1.98. The van der Waals surface area contributed by atoms with Gasteiger partial charge in [-0.3, -0.25) is 9.69 Å². The molecular formula is C5H9NO3. The van der Waals surface area contributed by atoms with E-state index in [9.17, 15) is 4.79 Å². The van der Waals surface area contributed by atoms with E-state index in [0.717, 1.165) is 6.54 Å². The highest BCUT2D eigenvalue weighted by molar-refractivity contribution is 5.69. The maximum atomic E-state index is 10.1. The topological polar surface area (TPSA) is 49.8 Å². The summed E-state index contributed by atoms with van der Waals surface area (Å²) in [5, 5.41) is 8.28. The second kappa shape index (κ2) is 2.80. The maximum absolute atomic E-state index is 10.1. The summed E-state index contributed by atoms with van der Waals surface area (Å²) in [6, 6.07) is 0. The molecule has 0 saturated carbocycles. The third-order valence-electron chi connectivity index (χ3n) is 1.18. The van der Waals surface area contributed by atoms with Gasteiger partial charge in [0.25, 0.3) is 0 Å². The van der Waals surface area contributed by atoms with E-state index in [2.05, 4.69) is 0 Å². The Hall–Kier alpha value is -0.610. The molecule has 0 aromatic carbocycles. The molecule has 0 atom stereocenters. The first-order valence-corrected chi connectivity index (χ1v) is 2.81. The summed E-state index contributed by atoms with van der Waals surface area (Å²) in [5.74, 6) is -0.791. The molecule has 1 aliphatic heterocycles. The van der Waals surface area contributed by atoms with E-state index in [1.807, 2.05) is 0 Å². The molecule has 1 rings (SSSR count). The van der Waals surface area contributed by atoms with Crippen LogP contribution in [0.1, 0.15) is 0 Å². The largest absolute Gasteiger partial charge is 0.480 e. The van der Waals surface area contributed by atoms with Gasteiger partial charge in [-0.2, -0.15) is 0 Å². The molecule has 1 saturated heterocycles. The summed E-state index contributed by atoms with van der Waals surface area (Å²) in [5.41, 5.74) is 0. The van der Waals surface area contributed by atoms with Crippen LogP contribution in [0.2, 0.25) is 0 Å². The number of carboxylic acid groups (broad SMARTS) is 1. The van der Waals surface area contributed by atoms with Crippen LogP contribution < -0.4 is 0 Å². The van der Waals surface area contributed by atoms with Gasteiger partial charge in [-0.1, -0.05) is 0 Å². The van der Waals surface area contributed by atoms with Crippen molar-refractivity contribution in [2.75, 3.05) is 26.4 Å². The first kappa shape index (κ1) is 6.51. The van der Waals surface area contributed by atoms with Crippen LogP contribution in [0.25, 0.3) is 0 Å². The Morgan fingerprint density at radius 1 is 1.78 bits per heavy atom. The molecule has 0 aromatic rings. The quantitative estimate of drug-likeness (QED) is 0.541. The smallest absolute Gasteiger partial charge is 0.317 e. The van der Waals surface area contributed by atoms with Gasteiger partial charge in [-0.05, 0) is 0 Å². The first-order chi connectivity index (χ1) is 4.29. The molecule has 0 amide bonds. The Kier molecular flexibility index (Phi) is 2.02. The van der Waals surface area contributed by atoms with Gasteiger partial charge < -0.3 is 9.84 Å². The highest BCUT2D eigenvalue weighted by Gasteiger charge is 2.13. The Balaban J connectivity index is 2.19. The van der Waals surface area contributed by atoms with Crippen LogP contribution in [-0.4, -0.2) is 42.4 Å². The maximum Gasteiger partial charge on any atom is 0.317 e. The van der Waals surface area contributed by atoms with Crippen LogP contribution in [0.15, 0.2) is 0 Å². The SMILES string of the molecule is O=C(O)CN1CCOC1. The lowest BCUT2D eigenvalue weighted by Gasteiger charge is -2.06. The molecule has 0 aromatic heterocycles. The van der Waals surface area contributed by atoms with E-state index in [1.165, 1.54) is 0 Å². The molecule has 1 aliphatic rings. The summed E-state index contributed by atoms with van der Waals surface area (Å²) >= 11 is 0. The Morgan fingerprint density at radius 3 is 3.00 bits per heavy atom. The van der Waals surface area contributed by atoms with E-state index < -0.39 is 5.97 Å². The van der Waals surface area contributed by atoms with E-state index in [4.69, 9.17) is 9.84 Å². The van der Waals surface area contributed by atoms with E-state index in [0.29, 0.717) is 13.3 Å². The molecule has 4 nitrogen and oxygen atoms in total. The average molecular weight is 131 g/mol. The fourth-order valence-corrected chi connectivity index (χ4v) is 0.768. The molecule has 1 fully saturated rings. The minimum Gasteiger partial charge on any atom is -0.480 e. The molecule has 1 heterocycles. The Labute approximate surface area is 53.0 Å². The lowest BCUT2D eigenvalue weighted by molar-refractivity contribution is -0.138. The molecule has 0 bridgehead atoms. The molecule has 9 heavy (non-hydrogen) atoms. The zero-order valence-electron chi connectivity index (χ0n) is 5.04. The summed E-state index contributed by atoms with van der Waals surface area (Å²) in [6.45, 7) is 1.96. The van der Waals surface area contributed by atoms with Crippen molar-refractivity contribution in [3.05, 3.63) is 0 Å². The summed E-state index contributed by atoms with van der Waals surface area (Å²) < 4.78 is 4.92. The molecular weight excluding hydrogens is 122 g/mol. The number of hydrogen-bond donors (Lipinski definition) is 1. The predicted octanol–water partition coefficient (Wildman–Crippen LogP) is -0.639. The number of carboxylic acids is 1. The monoisotopic (exact) mass is 131 g/mol. The van der Waals surface area contributed by atoms with Crippen LogP contribution in [0.4, 0.5) is 0 Å². The highest BCUT2D eigenvalue weighted by Crippen LogP contribution is 1.96. The fourth-order valence-electron chi connectivity index (χ4n) is 0.768. The molecule has 0 unspecified atom stereocenters. The van der Waals surface area contributed by atoms with Gasteiger partial charge in [0.15, 0.2) is 0 Å². The van der Waals surface area contributed by atoms with Gasteiger partial charge in [0.05, 0.1) is 19.9 Å². The molecule has 52 valence electrons. The van der Waals surface area contributed by atoms with Crippen molar-refractivity contribution in [1.29, 1.82) is 0 Å². The van der Waals surface area contributed by atoms with Gasteiger partial charge in [-0.25, -0.2) is 0 Å². The zero-order chi connectivity index (χ0) is 6.69. The summed E-state index contributed by atoms with van der Waals surface area (Å²) in [7, 11) is 0. The van der Waals surface area contributed by atoms with Gasteiger partial charge in [0.2, 0.25) is 0 Å². The van der Waals surface area contributed by atoms with Crippen molar-refractivity contribution in [3.63, 3.8) is 0 Å². The van der Waals surface area contributed by atoms with Crippen LogP contribution in [0.3, 0.4) is 0 Å². The Morgan fingerprint density at radius 2 is 2.56 bits per heavy atom. The van der Waals surface area contributed by atoms with Crippen LogP contribution >= 0.6 is 0 Å². The summed E-state index contributed by atoms with van der Waals surface area (Å²) in [6.07, 6.45) is 0. The van der Waals surface area contributed by atoms with Crippen LogP contribution in [-0.2, 0) is 9.53 Å². The van der Waals surface area contributed by atoms with E-state index in [-0.39, 0.29) is 6.54 Å². The number of carbonyl (C=O) groups is 1. The summed E-state index contributed by atoms with van der Waals surface area (Å²) in [4.78, 5) is 11.8. The number of hydrogen-bond acceptors (Lipinski definition) is 3. The second-order valence-corrected chi connectivity index (χ2v) is 1.98. The third-order valence-corrected chi connectivity index (χ3v) is 1.18. The third kappa shape index (κ3) is 1.99. The van der Waals surface area contributed by atoms with Crippen molar-refractivity contribution in [2.45, 2.75) is 0 Å². The molecule has 0 spiro atoms. The van der Waals surface area contributed by atoms with Crippen LogP contribution in [0, 0.1) is 0 Å². The highest BCUT2D eigenvalue weighted by atomic mass is 16.5. The number of nitrogens with zero attached hydrogens (tertiary/aromatic N) is 1. The van der Waals surface area contributed by atoms with Gasteiger partial charge >= 0.3 is 5.97 Å². The number of ether oxygens (including phenoxy) is 1. The standard InChI is InChI=1S/C5H9NO3/c7-5(8)3-6-1-2-9-4-6/h1-4H2,(H,7,8). The average Bonchev–Trinajstić information content (AvgIpc) is 2.15.